The average Bonchev–Trinajstić information content (AvgIpc) is 3.40. The number of phenolic OH excluding ortho intramolecular Hbond substituents is 1. The van der Waals surface area contributed by atoms with Crippen molar-refractivity contribution in [1.82, 2.24) is 4.90 Å². The van der Waals surface area contributed by atoms with E-state index in [1.165, 1.54) is 41.3 Å². The molecule has 1 fully saturated rings. The van der Waals surface area contributed by atoms with Gasteiger partial charge in [0.05, 0.1) is 28.9 Å². The molecule has 2 aromatic carbocycles. The number of carbonyl (C=O) groups is 1. The minimum Gasteiger partial charge on any atom is -0.508 e. The third-order valence-corrected chi connectivity index (χ3v) is 5.42. The monoisotopic (exact) mass is 448 g/mol. The summed E-state index contributed by atoms with van der Waals surface area (Å²) in [7, 11) is 0. The van der Waals surface area contributed by atoms with Gasteiger partial charge in [-0.25, -0.2) is 0 Å². The lowest BCUT2D eigenvalue weighted by Crippen LogP contribution is -2.28. The van der Waals surface area contributed by atoms with Crippen LogP contribution in [0.1, 0.15) is 16.9 Å². The summed E-state index contributed by atoms with van der Waals surface area (Å²) in [6.45, 7) is 0.192. The molecule has 1 aromatic heterocycles. The number of rotatable bonds is 6. The minimum absolute atomic E-state index is 0.0148. The van der Waals surface area contributed by atoms with E-state index in [1.54, 1.807) is 54.6 Å². The zero-order chi connectivity index (χ0) is 22.5. The quantitative estimate of drug-likeness (QED) is 0.258. The number of furan rings is 1. The highest BCUT2D eigenvalue weighted by Gasteiger charge is 2.34. The molecule has 3 aromatic rings. The Kier molecular flexibility index (Phi) is 6.13. The molecule has 0 saturated carbocycles. The smallest absolute Gasteiger partial charge is 0.269 e. The van der Waals surface area contributed by atoms with Crippen molar-refractivity contribution in [1.29, 1.82) is 0 Å². The van der Waals surface area contributed by atoms with Crippen LogP contribution in [-0.4, -0.2) is 32.2 Å². The number of aromatic hydroxyl groups is 1. The van der Waals surface area contributed by atoms with E-state index < -0.39 is 4.92 Å². The topological polar surface area (TPSA) is 122 Å². The predicted octanol–water partition coefficient (Wildman–Crippen LogP) is 4.40. The summed E-state index contributed by atoms with van der Waals surface area (Å²) in [5.74, 6) is 0.487. The van der Waals surface area contributed by atoms with Crippen molar-refractivity contribution in [2.24, 2.45) is 10.2 Å². The Hall–Kier alpha value is -4.18. The maximum absolute atomic E-state index is 13.0. The Morgan fingerprint density at radius 1 is 1.09 bits per heavy atom. The molecule has 2 heterocycles. The fraction of sp³-hybridized carbons (Fsp3) is 0.0455. The minimum atomic E-state index is -0.476. The van der Waals surface area contributed by atoms with Gasteiger partial charge < -0.3 is 9.52 Å². The molecule has 160 valence electrons. The van der Waals surface area contributed by atoms with Gasteiger partial charge in [-0.05, 0) is 65.4 Å². The standard InChI is InChI=1S/C22H16N4O5S/c27-18-9-5-15(6-10-18)12-20-21(28)25(14-19-2-1-11-31-19)22(32-20)24-23-13-16-3-7-17(8-4-16)26(29)30/h1-13,27H,14H2/b20-12-,23-13+,24-22-. The summed E-state index contributed by atoms with van der Waals surface area (Å²) >= 11 is 1.17. The molecular formula is C22H16N4O5S. The third-order valence-electron chi connectivity index (χ3n) is 4.43. The SMILES string of the molecule is O=C1/C(=C/c2ccc(O)cc2)S/C(=N\N=C\c2ccc([N+](=O)[O-])cc2)N1Cc1ccco1. The summed E-state index contributed by atoms with van der Waals surface area (Å²) < 4.78 is 5.36. The van der Waals surface area contributed by atoms with Crippen LogP contribution in [0.3, 0.4) is 0 Å². The van der Waals surface area contributed by atoms with Gasteiger partial charge >= 0.3 is 0 Å². The van der Waals surface area contributed by atoms with Crippen molar-refractivity contribution >= 4 is 40.8 Å². The predicted molar refractivity (Wildman–Crippen MR) is 121 cm³/mol. The van der Waals surface area contributed by atoms with Gasteiger partial charge in [-0.1, -0.05) is 12.1 Å². The molecule has 1 aliphatic heterocycles. The van der Waals surface area contributed by atoms with E-state index in [-0.39, 0.29) is 23.9 Å². The molecular weight excluding hydrogens is 432 g/mol. The Bertz CT molecular complexity index is 1220. The number of hydrogen-bond acceptors (Lipinski definition) is 8. The van der Waals surface area contributed by atoms with Crippen LogP contribution in [0.25, 0.3) is 6.08 Å². The van der Waals surface area contributed by atoms with E-state index >= 15 is 0 Å². The van der Waals surface area contributed by atoms with Crippen LogP contribution < -0.4 is 0 Å². The maximum Gasteiger partial charge on any atom is 0.269 e. The number of carbonyl (C=O) groups excluding carboxylic acids is 1. The fourth-order valence-electron chi connectivity index (χ4n) is 2.83. The highest BCUT2D eigenvalue weighted by atomic mass is 32.2. The zero-order valence-electron chi connectivity index (χ0n) is 16.5. The molecule has 1 saturated heterocycles. The van der Waals surface area contributed by atoms with Crippen LogP contribution in [0.2, 0.25) is 0 Å². The Labute approximate surface area is 186 Å². The molecule has 10 heteroatoms. The number of amides is 1. The van der Waals surface area contributed by atoms with E-state index in [0.717, 1.165) is 5.56 Å². The lowest BCUT2D eigenvalue weighted by molar-refractivity contribution is -0.384. The number of thioether (sulfide) groups is 1. The van der Waals surface area contributed by atoms with Crippen molar-refractivity contribution in [2.75, 3.05) is 0 Å². The average molecular weight is 448 g/mol. The molecule has 4 rings (SSSR count). The number of hydrogen-bond donors (Lipinski definition) is 1. The molecule has 0 aliphatic carbocycles. The van der Waals surface area contributed by atoms with E-state index in [9.17, 15) is 20.0 Å². The highest BCUT2D eigenvalue weighted by molar-refractivity contribution is 8.18. The van der Waals surface area contributed by atoms with Crippen molar-refractivity contribution in [2.45, 2.75) is 6.54 Å². The summed E-state index contributed by atoms with van der Waals surface area (Å²) in [5, 5.41) is 28.8. The lowest BCUT2D eigenvalue weighted by Gasteiger charge is -2.12. The summed E-state index contributed by atoms with van der Waals surface area (Å²) in [6.07, 6.45) is 4.69. The molecule has 0 spiro atoms. The van der Waals surface area contributed by atoms with Gasteiger partial charge in [0, 0.05) is 12.1 Å². The van der Waals surface area contributed by atoms with Gasteiger partial charge in [-0.2, -0.15) is 5.10 Å². The highest BCUT2D eigenvalue weighted by Crippen LogP contribution is 2.34. The van der Waals surface area contributed by atoms with Crippen LogP contribution in [-0.2, 0) is 11.3 Å². The van der Waals surface area contributed by atoms with Crippen LogP contribution in [0.15, 0.2) is 86.5 Å². The van der Waals surface area contributed by atoms with Crippen molar-refractivity contribution in [3.05, 3.63) is 98.8 Å². The van der Waals surface area contributed by atoms with Gasteiger partial charge in [-0.15, -0.1) is 5.10 Å². The molecule has 0 unspecified atom stereocenters. The molecule has 0 bridgehead atoms. The Morgan fingerprint density at radius 2 is 1.81 bits per heavy atom. The first-order chi connectivity index (χ1) is 15.5. The van der Waals surface area contributed by atoms with E-state index in [4.69, 9.17) is 4.42 Å². The number of nitro benzene ring substituents is 1. The van der Waals surface area contributed by atoms with Gasteiger partial charge in [0.25, 0.3) is 11.6 Å². The first-order valence-electron chi connectivity index (χ1n) is 9.38. The number of nitrogens with zero attached hydrogens (tertiary/aromatic N) is 4. The molecule has 1 amide bonds. The van der Waals surface area contributed by atoms with E-state index in [0.29, 0.717) is 21.4 Å². The lowest BCUT2D eigenvalue weighted by atomic mass is 10.2. The zero-order valence-corrected chi connectivity index (χ0v) is 17.3. The molecule has 0 atom stereocenters. The van der Waals surface area contributed by atoms with E-state index in [2.05, 4.69) is 10.2 Å². The number of phenols is 1. The van der Waals surface area contributed by atoms with Crippen LogP contribution >= 0.6 is 11.8 Å². The largest absolute Gasteiger partial charge is 0.508 e. The van der Waals surface area contributed by atoms with Gasteiger partial charge in [0.15, 0.2) is 5.17 Å². The molecule has 9 nitrogen and oxygen atoms in total. The second-order valence-electron chi connectivity index (χ2n) is 6.65. The number of non-ortho nitro benzene ring substituents is 1. The normalized spacial score (nSPS) is 16.5. The van der Waals surface area contributed by atoms with E-state index in [1.807, 2.05) is 0 Å². The van der Waals surface area contributed by atoms with Gasteiger partial charge in [-0.3, -0.25) is 19.8 Å². The molecule has 0 radical (unpaired) electrons. The molecule has 1 N–H and O–H groups in total. The Balaban J connectivity index is 1.58. The fourth-order valence-corrected chi connectivity index (χ4v) is 3.76. The number of nitro groups is 1. The first-order valence-corrected chi connectivity index (χ1v) is 10.2. The second kappa shape index (κ2) is 9.31. The van der Waals surface area contributed by atoms with Crippen molar-refractivity contribution in [3.63, 3.8) is 0 Å². The van der Waals surface area contributed by atoms with Gasteiger partial charge in [0.2, 0.25) is 0 Å². The maximum atomic E-state index is 13.0. The van der Waals surface area contributed by atoms with Crippen molar-refractivity contribution < 1.29 is 19.2 Å². The summed E-state index contributed by atoms with van der Waals surface area (Å²) in [5.41, 5.74) is 1.37. The number of benzene rings is 2. The number of amidine groups is 1. The first kappa shape index (κ1) is 21.1. The van der Waals surface area contributed by atoms with Gasteiger partial charge in [0.1, 0.15) is 11.5 Å². The van der Waals surface area contributed by atoms with Crippen LogP contribution in [0, 0.1) is 10.1 Å². The molecule has 1 aliphatic rings. The summed E-state index contributed by atoms with van der Waals surface area (Å²) in [6, 6.07) is 15.9. The Morgan fingerprint density at radius 3 is 2.47 bits per heavy atom. The second-order valence-corrected chi connectivity index (χ2v) is 7.66. The van der Waals surface area contributed by atoms with Crippen molar-refractivity contribution in [3.8, 4) is 5.75 Å². The van der Waals surface area contributed by atoms with Crippen LogP contribution in [0.5, 0.6) is 5.75 Å². The summed E-state index contributed by atoms with van der Waals surface area (Å²) in [4.78, 5) is 25.2. The third kappa shape index (κ3) is 4.93. The molecule has 32 heavy (non-hydrogen) atoms. The van der Waals surface area contributed by atoms with Crippen LogP contribution in [0.4, 0.5) is 5.69 Å².